The van der Waals surface area contributed by atoms with Crippen molar-refractivity contribution < 1.29 is 9.53 Å². The summed E-state index contributed by atoms with van der Waals surface area (Å²) in [5, 5.41) is 0. The van der Waals surface area contributed by atoms with E-state index in [2.05, 4.69) is 22.9 Å². The number of likely N-dealkylation sites (tertiary alicyclic amines) is 1. The minimum absolute atomic E-state index is 0.167. The van der Waals surface area contributed by atoms with Crippen molar-refractivity contribution in [3.8, 4) is 0 Å². The fourth-order valence-corrected chi connectivity index (χ4v) is 5.07. The number of aromatic nitrogens is 3. The summed E-state index contributed by atoms with van der Waals surface area (Å²) >= 11 is 0. The molecule has 0 radical (unpaired) electrons. The normalized spacial score (nSPS) is 21.9. The molecular formula is C24H31N5O2. The smallest absolute Gasteiger partial charge is 0.251 e. The number of amides is 1. The van der Waals surface area contributed by atoms with Crippen LogP contribution in [0.25, 0.3) is 0 Å². The number of carbonyl (C=O) groups is 1. The highest BCUT2D eigenvalue weighted by molar-refractivity contribution is 5.81. The van der Waals surface area contributed by atoms with E-state index < -0.39 is 0 Å². The molecule has 7 nitrogen and oxygen atoms in total. The molecule has 2 aromatic heterocycles. The van der Waals surface area contributed by atoms with Gasteiger partial charge in [-0.3, -0.25) is 9.78 Å². The third-order valence-electron chi connectivity index (χ3n) is 6.82. The number of aryl methyl sites for hydroxylation is 1. The average Bonchev–Trinajstić information content (AvgIpc) is 3.35. The molecule has 1 atom stereocenters. The minimum atomic E-state index is -0.223. The Hall–Kier alpha value is -2.54. The van der Waals surface area contributed by atoms with Gasteiger partial charge < -0.3 is 14.5 Å². The van der Waals surface area contributed by atoms with Gasteiger partial charge in [0.1, 0.15) is 17.7 Å². The van der Waals surface area contributed by atoms with Gasteiger partial charge in [-0.2, -0.15) is 0 Å². The number of hydrogen-bond donors (Lipinski definition) is 0. The number of nitrogens with zero attached hydrogens (tertiary/aromatic N) is 5. The van der Waals surface area contributed by atoms with Crippen LogP contribution in [0.15, 0.2) is 24.4 Å². The van der Waals surface area contributed by atoms with Crippen LogP contribution in [-0.4, -0.2) is 58.1 Å². The topological polar surface area (TPSA) is 71.5 Å². The molecule has 0 aromatic carbocycles. The number of hydrogen-bond acceptors (Lipinski definition) is 6. The first kappa shape index (κ1) is 20.4. The molecule has 0 bridgehead atoms. The molecule has 0 spiro atoms. The van der Waals surface area contributed by atoms with Gasteiger partial charge >= 0.3 is 0 Å². The van der Waals surface area contributed by atoms with Crippen molar-refractivity contribution in [2.24, 2.45) is 0 Å². The van der Waals surface area contributed by atoms with Gasteiger partial charge in [0, 0.05) is 49.6 Å². The molecule has 0 saturated carbocycles. The Morgan fingerprint density at radius 3 is 2.74 bits per heavy atom. The lowest BCUT2D eigenvalue weighted by Gasteiger charge is -2.34. The SMILES string of the molecule is Cc1nc(C2CCN(C(=O)[C@H]3CCCO3)CC2)nc2c1CCCN2Cc1ccccn1. The summed E-state index contributed by atoms with van der Waals surface area (Å²) < 4.78 is 5.59. The van der Waals surface area contributed by atoms with E-state index in [1.807, 2.05) is 23.2 Å². The van der Waals surface area contributed by atoms with Crippen LogP contribution in [0.5, 0.6) is 0 Å². The first-order chi connectivity index (χ1) is 15.2. The van der Waals surface area contributed by atoms with Crippen molar-refractivity contribution in [3.63, 3.8) is 0 Å². The second-order valence-electron chi connectivity index (χ2n) is 8.92. The summed E-state index contributed by atoms with van der Waals surface area (Å²) in [5.41, 5.74) is 3.44. The highest BCUT2D eigenvalue weighted by Crippen LogP contribution is 2.33. The van der Waals surface area contributed by atoms with Crippen LogP contribution < -0.4 is 4.90 Å². The molecular weight excluding hydrogens is 390 g/mol. The monoisotopic (exact) mass is 421 g/mol. The zero-order valence-corrected chi connectivity index (χ0v) is 18.3. The zero-order chi connectivity index (χ0) is 21.2. The van der Waals surface area contributed by atoms with Crippen LogP contribution in [0, 0.1) is 6.92 Å². The third-order valence-corrected chi connectivity index (χ3v) is 6.82. The Morgan fingerprint density at radius 2 is 2.00 bits per heavy atom. The van der Waals surface area contributed by atoms with Crippen LogP contribution >= 0.6 is 0 Å². The van der Waals surface area contributed by atoms with Crippen molar-refractivity contribution in [1.29, 1.82) is 0 Å². The predicted molar refractivity (Wildman–Crippen MR) is 118 cm³/mol. The number of anilines is 1. The predicted octanol–water partition coefficient (Wildman–Crippen LogP) is 3.02. The van der Waals surface area contributed by atoms with E-state index in [4.69, 9.17) is 14.7 Å². The summed E-state index contributed by atoms with van der Waals surface area (Å²) in [6, 6.07) is 6.06. The number of ether oxygens (including phenoxy) is 1. The number of carbonyl (C=O) groups excluding carboxylic acids is 1. The van der Waals surface area contributed by atoms with Crippen molar-refractivity contribution >= 4 is 11.7 Å². The number of rotatable bonds is 4. The highest BCUT2D eigenvalue weighted by Gasteiger charge is 2.33. The van der Waals surface area contributed by atoms with Crippen LogP contribution in [0.2, 0.25) is 0 Å². The van der Waals surface area contributed by atoms with Gasteiger partial charge in [0.2, 0.25) is 0 Å². The van der Waals surface area contributed by atoms with Crippen molar-refractivity contribution in [2.75, 3.05) is 31.1 Å². The largest absolute Gasteiger partial charge is 0.368 e. The summed E-state index contributed by atoms with van der Waals surface area (Å²) in [5.74, 6) is 2.49. The maximum atomic E-state index is 12.7. The number of piperidine rings is 1. The van der Waals surface area contributed by atoms with Gasteiger partial charge in [-0.15, -0.1) is 0 Å². The molecule has 1 amide bonds. The molecule has 3 aliphatic rings. The Bertz CT molecular complexity index is 921. The van der Waals surface area contributed by atoms with E-state index in [9.17, 15) is 4.79 Å². The Balaban J connectivity index is 1.31. The third kappa shape index (κ3) is 4.28. The summed E-state index contributed by atoms with van der Waals surface area (Å²) in [7, 11) is 0. The van der Waals surface area contributed by atoms with E-state index >= 15 is 0 Å². The maximum absolute atomic E-state index is 12.7. The van der Waals surface area contributed by atoms with E-state index in [0.717, 1.165) is 87.7 Å². The molecule has 164 valence electrons. The molecule has 3 aliphatic heterocycles. The van der Waals surface area contributed by atoms with E-state index in [1.54, 1.807) is 0 Å². The fourth-order valence-electron chi connectivity index (χ4n) is 5.07. The lowest BCUT2D eigenvalue weighted by atomic mass is 9.94. The number of fused-ring (bicyclic) bond motifs is 1. The van der Waals surface area contributed by atoms with Crippen LogP contribution in [0.3, 0.4) is 0 Å². The van der Waals surface area contributed by atoms with E-state index in [-0.39, 0.29) is 12.0 Å². The Kier molecular flexibility index (Phi) is 5.85. The molecule has 2 saturated heterocycles. The highest BCUT2D eigenvalue weighted by atomic mass is 16.5. The zero-order valence-electron chi connectivity index (χ0n) is 18.3. The van der Waals surface area contributed by atoms with Gasteiger partial charge in [0.15, 0.2) is 0 Å². The van der Waals surface area contributed by atoms with Gasteiger partial charge in [0.25, 0.3) is 5.91 Å². The molecule has 7 heteroatoms. The van der Waals surface area contributed by atoms with Crippen LogP contribution in [-0.2, 0) is 22.5 Å². The molecule has 2 fully saturated rings. The lowest BCUT2D eigenvalue weighted by Crippen LogP contribution is -2.43. The second kappa shape index (κ2) is 8.91. The molecule has 0 unspecified atom stereocenters. The summed E-state index contributed by atoms with van der Waals surface area (Å²) in [6.45, 7) is 6.13. The average molecular weight is 422 g/mol. The second-order valence-corrected chi connectivity index (χ2v) is 8.92. The molecule has 31 heavy (non-hydrogen) atoms. The quantitative estimate of drug-likeness (QED) is 0.756. The summed E-state index contributed by atoms with van der Waals surface area (Å²) in [4.78, 5) is 31.5. The van der Waals surface area contributed by atoms with E-state index in [1.165, 1.54) is 5.56 Å². The first-order valence-corrected chi connectivity index (χ1v) is 11.6. The van der Waals surface area contributed by atoms with E-state index in [0.29, 0.717) is 12.5 Å². The fraction of sp³-hybridized carbons (Fsp3) is 0.583. The molecule has 5 heterocycles. The maximum Gasteiger partial charge on any atom is 0.251 e. The Labute approximate surface area is 183 Å². The van der Waals surface area contributed by atoms with Gasteiger partial charge in [0.05, 0.1) is 12.2 Å². The standard InChI is InChI=1S/C24H31N5O2/c1-17-20-7-4-12-29(16-19-6-2-3-11-25-19)23(20)27-22(26-17)18-9-13-28(14-10-18)24(30)21-8-5-15-31-21/h2-3,6,11,18,21H,4-5,7-10,12-16H2,1H3/t21-/m1/s1. The number of pyridine rings is 1. The molecule has 2 aromatic rings. The van der Waals surface area contributed by atoms with Crippen molar-refractivity contribution in [3.05, 3.63) is 47.2 Å². The molecule has 0 aliphatic carbocycles. The first-order valence-electron chi connectivity index (χ1n) is 11.6. The lowest BCUT2D eigenvalue weighted by molar-refractivity contribution is -0.142. The van der Waals surface area contributed by atoms with Gasteiger partial charge in [-0.05, 0) is 57.6 Å². The summed E-state index contributed by atoms with van der Waals surface area (Å²) in [6.07, 6.45) is 7.46. The minimum Gasteiger partial charge on any atom is -0.368 e. The van der Waals surface area contributed by atoms with Crippen LogP contribution in [0.1, 0.15) is 60.8 Å². The Morgan fingerprint density at radius 1 is 1.13 bits per heavy atom. The van der Waals surface area contributed by atoms with Crippen molar-refractivity contribution in [1.82, 2.24) is 19.9 Å². The van der Waals surface area contributed by atoms with Crippen molar-refractivity contribution in [2.45, 2.75) is 64.0 Å². The molecule has 5 rings (SSSR count). The molecule has 0 N–H and O–H groups in total. The van der Waals surface area contributed by atoms with Gasteiger partial charge in [-0.1, -0.05) is 6.07 Å². The van der Waals surface area contributed by atoms with Crippen LogP contribution in [0.4, 0.5) is 5.82 Å². The van der Waals surface area contributed by atoms with Gasteiger partial charge in [-0.25, -0.2) is 9.97 Å².